The molecule has 0 unspecified atom stereocenters. The van der Waals surface area contributed by atoms with Gasteiger partial charge in [0.15, 0.2) is 0 Å². The molecular weight excluding hydrogens is 433 g/mol. The number of nitrogens with zero attached hydrogens (tertiary/aromatic N) is 1. The van der Waals surface area contributed by atoms with Crippen molar-refractivity contribution in [2.75, 3.05) is 26.0 Å². The number of hydrogen-bond donors (Lipinski definition) is 1. The first-order chi connectivity index (χ1) is 13.4. The van der Waals surface area contributed by atoms with Gasteiger partial charge in [-0.2, -0.15) is 17.5 Å². The number of hydrogen-bond acceptors (Lipinski definition) is 4. The van der Waals surface area contributed by atoms with E-state index in [-0.39, 0.29) is 15.7 Å². The number of rotatable bonds is 6. The lowest BCUT2D eigenvalue weighted by atomic mass is 10.1. The number of methoxy groups -OCH3 is 1. The zero-order valence-electron chi connectivity index (χ0n) is 15.7. The molecule has 11 heteroatoms. The van der Waals surface area contributed by atoms with Crippen LogP contribution < -0.4 is 10.1 Å². The van der Waals surface area contributed by atoms with Crippen LogP contribution in [0.1, 0.15) is 11.1 Å². The van der Waals surface area contributed by atoms with Crippen molar-refractivity contribution < 1.29 is 31.1 Å². The highest BCUT2D eigenvalue weighted by molar-refractivity contribution is 7.89. The molecule has 0 spiro atoms. The molecule has 6 nitrogen and oxygen atoms in total. The Morgan fingerprint density at radius 1 is 1.21 bits per heavy atom. The summed E-state index contributed by atoms with van der Waals surface area (Å²) in [5.74, 6) is -0.865. The predicted octanol–water partition coefficient (Wildman–Crippen LogP) is 3.94. The number of amides is 1. The van der Waals surface area contributed by atoms with E-state index in [4.69, 9.17) is 16.3 Å². The van der Waals surface area contributed by atoms with Gasteiger partial charge in [0.05, 0.1) is 24.9 Å². The molecule has 0 fully saturated rings. The third-order valence-corrected chi connectivity index (χ3v) is 5.99. The fraction of sp³-hybridized carbons (Fsp3) is 0.278. The SMILES string of the molecule is COc1ccc(C)cc1S(=O)(=O)N(C)CC(=O)Nc1ccc(Cl)cc1C(F)(F)F. The lowest BCUT2D eigenvalue weighted by Crippen LogP contribution is -2.35. The fourth-order valence-electron chi connectivity index (χ4n) is 2.49. The largest absolute Gasteiger partial charge is 0.495 e. The van der Waals surface area contributed by atoms with Crippen LogP contribution >= 0.6 is 11.6 Å². The minimum atomic E-state index is -4.75. The van der Waals surface area contributed by atoms with E-state index in [0.29, 0.717) is 11.6 Å². The van der Waals surface area contributed by atoms with Crippen molar-refractivity contribution in [2.45, 2.75) is 18.0 Å². The van der Waals surface area contributed by atoms with Crippen molar-refractivity contribution in [3.05, 3.63) is 52.5 Å². The van der Waals surface area contributed by atoms with Gasteiger partial charge < -0.3 is 10.1 Å². The summed E-state index contributed by atoms with van der Waals surface area (Å²) in [4.78, 5) is 12.1. The number of alkyl halides is 3. The Labute approximate surface area is 171 Å². The van der Waals surface area contributed by atoms with Crippen LogP contribution in [0.2, 0.25) is 5.02 Å². The van der Waals surface area contributed by atoms with Gasteiger partial charge in [0.1, 0.15) is 10.6 Å². The highest BCUT2D eigenvalue weighted by Gasteiger charge is 2.34. The Morgan fingerprint density at radius 3 is 2.45 bits per heavy atom. The highest BCUT2D eigenvalue weighted by Crippen LogP contribution is 2.36. The van der Waals surface area contributed by atoms with Gasteiger partial charge in [-0.05, 0) is 42.8 Å². The quantitative estimate of drug-likeness (QED) is 0.723. The standard InChI is InChI=1S/C18H18ClF3N2O4S/c1-11-4-7-15(28-3)16(8-11)29(26,27)24(2)10-17(25)23-14-6-5-12(19)9-13(14)18(20,21)22/h4-9H,10H2,1-3H3,(H,23,25). The van der Waals surface area contributed by atoms with Gasteiger partial charge in [0.2, 0.25) is 15.9 Å². The second-order valence-electron chi connectivity index (χ2n) is 6.15. The third kappa shape index (κ3) is 5.40. The van der Waals surface area contributed by atoms with Crippen LogP contribution in [0.5, 0.6) is 5.75 Å². The fourth-order valence-corrected chi connectivity index (χ4v) is 4.03. The number of carbonyl (C=O) groups is 1. The first-order valence-corrected chi connectivity index (χ1v) is 9.95. The van der Waals surface area contributed by atoms with Gasteiger partial charge in [-0.15, -0.1) is 0 Å². The van der Waals surface area contributed by atoms with Crippen LogP contribution in [-0.2, 0) is 21.0 Å². The summed E-state index contributed by atoms with van der Waals surface area (Å²) in [5.41, 5.74) is -1.01. The molecule has 2 rings (SSSR count). The maximum atomic E-state index is 13.1. The lowest BCUT2D eigenvalue weighted by molar-refractivity contribution is -0.137. The molecule has 2 aromatic carbocycles. The van der Waals surface area contributed by atoms with Gasteiger partial charge in [0.25, 0.3) is 0 Å². The third-order valence-electron chi connectivity index (χ3n) is 3.93. The summed E-state index contributed by atoms with van der Waals surface area (Å²) in [6.07, 6.45) is -4.75. The smallest absolute Gasteiger partial charge is 0.418 e. The summed E-state index contributed by atoms with van der Waals surface area (Å²) in [6, 6.07) is 7.37. The van der Waals surface area contributed by atoms with Gasteiger partial charge >= 0.3 is 6.18 Å². The van der Waals surface area contributed by atoms with E-state index >= 15 is 0 Å². The molecular formula is C18H18ClF3N2O4S. The van der Waals surface area contributed by atoms with E-state index < -0.39 is 39.9 Å². The Hall–Kier alpha value is -2.30. The van der Waals surface area contributed by atoms with Crippen LogP contribution in [0.4, 0.5) is 18.9 Å². The van der Waals surface area contributed by atoms with E-state index in [2.05, 4.69) is 5.32 Å². The molecule has 0 saturated heterocycles. The van der Waals surface area contributed by atoms with Crippen molar-refractivity contribution >= 4 is 33.2 Å². The second kappa shape index (κ2) is 8.60. The zero-order chi connectivity index (χ0) is 22.0. The summed E-state index contributed by atoms with van der Waals surface area (Å²) in [6.45, 7) is 0.976. The predicted molar refractivity (Wildman–Crippen MR) is 103 cm³/mol. The van der Waals surface area contributed by atoms with Crippen molar-refractivity contribution in [2.24, 2.45) is 0 Å². The lowest BCUT2D eigenvalue weighted by Gasteiger charge is -2.20. The minimum absolute atomic E-state index is 0.0833. The number of sulfonamides is 1. The Balaban J connectivity index is 2.25. The number of carbonyl (C=O) groups excluding carboxylic acids is 1. The van der Waals surface area contributed by atoms with Crippen LogP contribution in [0.15, 0.2) is 41.3 Å². The normalized spacial score (nSPS) is 12.1. The highest BCUT2D eigenvalue weighted by atomic mass is 35.5. The van der Waals surface area contributed by atoms with Gasteiger partial charge in [-0.1, -0.05) is 17.7 Å². The van der Waals surface area contributed by atoms with E-state index in [9.17, 15) is 26.4 Å². The first kappa shape index (κ1) is 23.0. The van der Waals surface area contributed by atoms with Crippen LogP contribution in [0, 0.1) is 6.92 Å². The molecule has 1 amide bonds. The van der Waals surface area contributed by atoms with Gasteiger partial charge in [-0.25, -0.2) is 8.42 Å². The molecule has 0 aromatic heterocycles. The molecule has 0 aliphatic rings. The average molecular weight is 451 g/mol. The number of aryl methyl sites for hydroxylation is 1. The molecule has 0 heterocycles. The first-order valence-electron chi connectivity index (χ1n) is 8.14. The van der Waals surface area contributed by atoms with Crippen molar-refractivity contribution in [1.29, 1.82) is 0 Å². The number of likely N-dealkylation sites (N-methyl/N-ethyl adjacent to an activating group) is 1. The molecule has 158 valence electrons. The Kier molecular flexibility index (Phi) is 6.82. The zero-order valence-corrected chi connectivity index (χ0v) is 17.2. The second-order valence-corrected chi connectivity index (χ2v) is 8.60. The molecule has 0 bridgehead atoms. The molecule has 2 aromatic rings. The summed E-state index contributed by atoms with van der Waals surface area (Å²) in [5, 5.41) is 1.93. The number of benzene rings is 2. The molecule has 0 aliphatic carbocycles. The molecule has 0 aliphatic heterocycles. The van der Waals surface area contributed by atoms with E-state index in [1.54, 1.807) is 13.0 Å². The van der Waals surface area contributed by atoms with Crippen LogP contribution in [0.3, 0.4) is 0 Å². The Bertz CT molecular complexity index is 1030. The molecule has 0 radical (unpaired) electrons. The molecule has 1 N–H and O–H groups in total. The molecule has 0 atom stereocenters. The van der Waals surface area contributed by atoms with Crippen molar-refractivity contribution in [1.82, 2.24) is 4.31 Å². The summed E-state index contributed by atoms with van der Waals surface area (Å²) in [7, 11) is -1.69. The molecule has 0 saturated carbocycles. The van der Waals surface area contributed by atoms with Gasteiger partial charge in [-0.3, -0.25) is 4.79 Å². The van der Waals surface area contributed by atoms with Crippen LogP contribution in [0.25, 0.3) is 0 Å². The molecule has 29 heavy (non-hydrogen) atoms. The number of anilines is 1. The monoisotopic (exact) mass is 450 g/mol. The van der Waals surface area contributed by atoms with Crippen molar-refractivity contribution in [3.8, 4) is 5.75 Å². The van der Waals surface area contributed by atoms with E-state index in [1.807, 2.05) is 0 Å². The topological polar surface area (TPSA) is 75.7 Å². The maximum absolute atomic E-state index is 13.1. The summed E-state index contributed by atoms with van der Waals surface area (Å²) >= 11 is 5.60. The van der Waals surface area contributed by atoms with E-state index in [0.717, 1.165) is 17.4 Å². The average Bonchev–Trinajstić information content (AvgIpc) is 2.62. The van der Waals surface area contributed by atoms with Crippen LogP contribution in [-0.4, -0.2) is 39.3 Å². The van der Waals surface area contributed by atoms with Gasteiger partial charge in [0, 0.05) is 12.1 Å². The maximum Gasteiger partial charge on any atom is 0.418 e. The van der Waals surface area contributed by atoms with Crippen molar-refractivity contribution in [3.63, 3.8) is 0 Å². The number of ether oxygens (including phenoxy) is 1. The van der Waals surface area contributed by atoms with E-state index in [1.165, 1.54) is 25.3 Å². The summed E-state index contributed by atoms with van der Waals surface area (Å²) < 4.78 is 70.8. The number of halogens is 4. The number of nitrogens with one attached hydrogen (secondary N) is 1. The minimum Gasteiger partial charge on any atom is -0.495 e. The Morgan fingerprint density at radius 2 is 1.86 bits per heavy atom.